The molecule has 0 radical (unpaired) electrons. The summed E-state index contributed by atoms with van der Waals surface area (Å²) in [6, 6.07) is 16.7. The van der Waals surface area contributed by atoms with E-state index in [1.54, 1.807) is 11.8 Å². The van der Waals surface area contributed by atoms with Gasteiger partial charge in [-0.15, -0.1) is 0 Å². The number of imidazole rings is 1. The van der Waals surface area contributed by atoms with Gasteiger partial charge in [0.05, 0.1) is 30.1 Å². The quantitative estimate of drug-likeness (QED) is 0.552. The van der Waals surface area contributed by atoms with Crippen LogP contribution in [0.1, 0.15) is 56.6 Å². The first-order valence-corrected chi connectivity index (χ1v) is 13.0. The number of nitrogens with zero attached hydrogens (tertiary/aromatic N) is 4. The van der Waals surface area contributed by atoms with E-state index in [9.17, 15) is 14.4 Å². The van der Waals surface area contributed by atoms with Crippen LogP contribution in [-0.4, -0.2) is 63.0 Å². The Morgan fingerprint density at radius 2 is 1.76 bits per heavy atom. The Labute approximate surface area is 216 Å². The number of hydrogen-bond acceptors (Lipinski definition) is 5. The molecule has 1 fully saturated rings. The highest BCUT2D eigenvalue weighted by atomic mass is 16.6. The number of aromatic nitrogens is 2. The Hall–Kier alpha value is -3.88. The lowest BCUT2D eigenvalue weighted by Gasteiger charge is -2.39. The van der Waals surface area contributed by atoms with Crippen molar-refractivity contribution in [1.82, 2.24) is 24.7 Å². The van der Waals surface area contributed by atoms with Crippen molar-refractivity contribution < 1.29 is 19.1 Å². The first-order chi connectivity index (χ1) is 18.0. The van der Waals surface area contributed by atoms with E-state index in [1.165, 1.54) is 0 Å². The van der Waals surface area contributed by atoms with Gasteiger partial charge >= 0.3 is 6.09 Å². The summed E-state index contributed by atoms with van der Waals surface area (Å²) >= 11 is 0. The van der Waals surface area contributed by atoms with Gasteiger partial charge in [-0.2, -0.15) is 0 Å². The third-order valence-electron chi connectivity index (χ3n) is 7.30. The normalized spacial score (nSPS) is 20.1. The molecule has 2 aliphatic rings. The fourth-order valence-corrected chi connectivity index (χ4v) is 5.37. The number of carbonyl (C=O) groups is 3. The third kappa shape index (κ3) is 5.03. The van der Waals surface area contributed by atoms with Crippen LogP contribution in [-0.2, 0) is 20.9 Å². The van der Waals surface area contributed by atoms with E-state index in [-0.39, 0.29) is 36.4 Å². The highest BCUT2D eigenvalue weighted by molar-refractivity contribution is 5.91. The van der Waals surface area contributed by atoms with E-state index in [0.29, 0.717) is 39.1 Å². The molecule has 3 heterocycles. The van der Waals surface area contributed by atoms with Gasteiger partial charge in [0.1, 0.15) is 11.9 Å². The van der Waals surface area contributed by atoms with Crippen LogP contribution in [0.15, 0.2) is 54.6 Å². The maximum Gasteiger partial charge on any atom is 0.409 e. The van der Waals surface area contributed by atoms with Crippen molar-refractivity contribution in [2.24, 2.45) is 0 Å². The Morgan fingerprint density at radius 3 is 2.49 bits per heavy atom. The van der Waals surface area contributed by atoms with E-state index >= 15 is 0 Å². The summed E-state index contributed by atoms with van der Waals surface area (Å²) < 4.78 is 7.03. The van der Waals surface area contributed by atoms with Crippen molar-refractivity contribution in [3.63, 3.8) is 0 Å². The number of benzene rings is 2. The Bertz CT molecular complexity index is 1280. The number of likely N-dealkylation sites (tertiary alicyclic amines) is 1. The average Bonchev–Trinajstić information content (AvgIpc) is 3.30. The van der Waals surface area contributed by atoms with Gasteiger partial charge in [0.2, 0.25) is 11.8 Å². The minimum atomic E-state index is -0.679. The van der Waals surface area contributed by atoms with Crippen LogP contribution in [0.3, 0.4) is 0 Å². The van der Waals surface area contributed by atoms with Crippen LogP contribution in [0.25, 0.3) is 11.0 Å². The third-order valence-corrected chi connectivity index (χ3v) is 7.30. The summed E-state index contributed by atoms with van der Waals surface area (Å²) in [7, 11) is 0. The molecule has 0 saturated carbocycles. The number of amides is 3. The average molecular weight is 504 g/mol. The lowest BCUT2D eigenvalue weighted by Crippen LogP contribution is -2.49. The van der Waals surface area contributed by atoms with E-state index in [2.05, 4.69) is 5.32 Å². The Kier molecular flexibility index (Phi) is 7.12. The number of rotatable bonds is 6. The summed E-state index contributed by atoms with van der Waals surface area (Å²) in [4.78, 5) is 47.5. The number of para-hydroxylation sites is 2. The second kappa shape index (κ2) is 10.6. The highest BCUT2D eigenvalue weighted by Crippen LogP contribution is 2.37. The van der Waals surface area contributed by atoms with Crippen LogP contribution in [0.5, 0.6) is 0 Å². The van der Waals surface area contributed by atoms with Gasteiger partial charge in [0, 0.05) is 25.7 Å². The summed E-state index contributed by atoms with van der Waals surface area (Å²) in [5.41, 5.74) is 2.71. The highest BCUT2D eigenvalue weighted by Gasteiger charge is 2.40. The molecule has 9 heteroatoms. The smallest absolute Gasteiger partial charge is 0.409 e. The molecule has 2 aromatic carbocycles. The number of ether oxygens (including phenoxy) is 1. The molecule has 194 valence electrons. The molecule has 2 aliphatic heterocycles. The van der Waals surface area contributed by atoms with Gasteiger partial charge in [0.25, 0.3) is 0 Å². The van der Waals surface area contributed by atoms with Crippen molar-refractivity contribution in [3.8, 4) is 0 Å². The number of carbonyl (C=O) groups excluding carboxylic acids is 3. The van der Waals surface area contributed by atoms with Gasteiger partial charge < -0.3 is 24.4 Å². The standard InChI is InChI=1S/C28H33N5O4/c1-3-37-28(36)31-15-13-21(14-16-31)29-25(34)17-24-27(35)32(18-20-9-5-4-6-10-20)19(2)26-30-22-11-7-8-12-23(22)33(24)26/h4-12,19,21,24H,3,13-18H2,1-2H3,(H,29,34)/t19-,24-/m1/s1. The molecule has 1 saturated heterocycles. The Balaban J connectivity index is 1.35. The van der Waals surface area contributed by atoms with Crippen LogP contribution in [0.4, 0.5) is 4.79 Å². The first kappa shape index (κ1) is 24.8. The summed E-state index contributed by atoms with van der Waals surface area (Å²) in [5.74, 6) is 0.530. The topological polar surface area (TPSA) is 96.8 Å². The molecule has 0 bridgehead atoms. The van der Waals surface area contributed by atoms with E-state index in [0.717, 1.165) is 22.4 Å². The van der Waals surface area contributed by atoms with Crippen molar-refractivity contribution >= 4 is 28.9 Å². The van der Waals surface area contributed by atoms with Crippen molar-refractivity contribution in [3.05, 3.63) is 66.0 Å². The molecule has 3 aromatic rings. The maximum atomic E-state index is 13.9. The second-order valence-electron chi connectivity index (χ2n) is 9.70. The minimum Gasteiger partial charge on any atom is -0.450 e. The molecule has 0 aliphatic carbocycles. The molecular weight excluding hydrogens is 470 g/mol. The molecule has 1 aromatic heterocycles. The number of fused-ring (bicyclic) bond motifs is 3. The number of hydrogen-bond donors (Lipinski definition) is 1. The molecule has 37 heavy (non-hydrogen) atoms. The van der Waals surface area contributed by atoms with Crippen LogP contribution < -0.4 is 5.32 Å². The minimum absolute atomic E-state index is 0.0300. The van der Waals surface area contributed by atoms with Gasteiger partial charge in [-0.05, 0) is 44.4 Å². The zero-order valence-electron chi connectivity index (χ0n) is 21.3. The van der Waals surface area contributed by atoms with E-state index in [1.807, 2.05) is 71.0 Å². The zero-order chi connectivity index (χ0) is 25.9. The van der Waals surface area contributed by atoms with Crippen LogP contribution in [0.2, 0.25) is 0 Å². The lowest BCUT2D eigenvalue weighted by atomic mass is 10.0. The number of piperidine rings is 1. The Morgan fingerprint density at radius 1 is 1.05 bits per heavy atom. The van der Waals surface area contributed by atoms with Crippen LogP contribution in [0, 0.1) is 0 Å². The fourth-order valence-electron chi connectivity index (χ4n) is 5.37. The first-order valence-electron chi connectivity index (χ1n) is 13.0. The molecule has 5 rings (SSSR count). The molecule has 9 nitrogen and oxygen atoms in total. The van der Waals surface area contributed by atoms with Gasteiger partial charge in [0.15, 0.2) is 0 Å². The molecular formula is C28H33N5O4. The van der Waals surface area contributed by atoms with E-state index in [4.69, 9.17) is 9.72 Å². The van der Waals surface area contributed by atoms with Crippen molar-refractivity contribution in [2.75, 3.05) is 19.7 Å². The van der Waals surface area contributed by atoms with Gasteiger partial charge in [-0.1, -0.05) is 42.5 Å². The van der Waals surface area contributed by atoms with Crippen molar-refractivity contribution in [1.29, 1.82) is 0 Å². The van der Waals surface area contributed by atoms with Gasteiger partial charge in [-0.3, -0.25) is 9.59 Å². The largest absolute Gasteiger partial charge is 0.450 e. The van der Waals surface area contributed by atoms with Crippen LogP contribution >= 0.6 is 0 Å². The molecule has 0 unspecified atom stereocenters. The summed E-state index contributed by atoms with van der Waals surface area (Å²) in [6.45, 7) is 5.64. The monoisotopic (exact) mass is 503 g/mol. The molecule has 2 atom stereocenters. The summed E-state index contributed by atoms with van der Waals surface area (Å²) in [5, 5.41) is 3.10. The number of nitrogens with one attached hydrogen (secondary N) is 1. The fraction of sp³-hybridized carbons (Fsp3) is 0.429. The predicted octanol–water partition coefficient (Wildman–Crippen LogP) is 3.81. The predicted molar refractivity (Wildman–Crippen MR) is 139 cm³/mol. The van der Waals surface area contributed by atoms with Crippen molar-refractivity contribution in [2.45, 2.75) is 57.8 Å². The van der Waals surface area contributed by atoms with E-state index < -0.39 is 6.04 Å². The molecule has 3 amide bonds. The summed E-state index contributed by atoms with van der Waals surface area (Å²) in [6.07, 6.45) is 1.02. The van der Waals surface area contributed by atoms with Gasteiger partial charge in [-0.25, -0.2) is 9.78 Å². The SMILES string of the molecule is CCOC(=O)N1CCC(NC(=O)C[C@@H]2C(=O)N(Cc3ccccc3)[C@H](C)c3nc4ccccc4n32)CC1. The second-order valence-corrected chi connectivity index (χ2v) is 9.70. The molecule has 0 spiro atoms. The zero-order valence-corrected chi connectivity index (χ0v) is 21.3. The maximum absolute atomic E-state index is 13.9. The lowest BCUT2D eigenvalue weighted by molar-refractivity contribution is -0.142. The molecule has 1 N–H and O–H groups in total.